The van der Waals surface area contributed by atoms with Gasteiger partial charge < -0.3 is 9.84 Å². The Labute approximate surface area is 223 Å². The highest BCUT2D eigenvalue weighted by atomic mass is 16.5. The van der Waals surface area contributed by atoms with Crippen molar-refractivity contribution in [2.45, 2.75) is 168 Å². The van der Waals surface area contributed by atoms with E-state index in [1.807, 2.05) is 18.2 Å². The molecule has 36 heavy (non-hydrogen) atoms. The Balaban J connectivity index is 2.01. The molecule has 0 aliphatic rings. The van der Waals surface area contributed by atoms with E-state index >= 15 is 0 Å². The van der Waals surface area contributed by atoms with E-state index in [-0.39, 0.29) is 12.1 Å². The second kappa shape index (κ2) is 24.0. The molecule has 0 radical (unpaired) electrons. The average molecular weight is 503 g/mol. The summed E-state index contributed by atoms with van der Waals surface area (Å²) < 4.78 is 5.58. The number of carbonyl (C=O) groups excluding carboxylic acids is 1. The molecule has 0 amide bonds. The summed E-state index contributed by atoms with van der Waals surface area (Å²) >= 11 is 0. The summed E-state index contributed by atoms with van der Waals surface area (Å²) in [6, 6.07) is 8.05. The van der Waals surface area contributed by atoms with Gasteiger partial charge in [-0.1, -0.05) is 135 Å². The van der Waals surface area contributed by atoms with Crippen LogP contribution in [0.1, 0.15) is 161 Å². The number of aliphatic hydroxyl groups excluding tert-OH is 1. The minimum atomic E-state index is -0.150. The van der Waals surface area contributed by atoms with Gasteiger partial charge >= 0.3 is 5.97 Å². The lowest BCUT2D eigenvalue weighted by Gasteiger charge is -2.10. The number of hydrogen-bond acceptors (Lipinski definition) is 3. The Bertz CT molecular complexity index is 627. The molecule has 1 aromatic rings. The Morgan fingerprint density at radius 2 is 1.19 bits per heavy atom. The highest BCUT2D eigenvalue weighted by molar-refractivity contribution is 5.72. The third kappa shape index (κ3) is 19.8. The predicted octanol–water partition coefficient (Wildman–Crippen LogP) is 10.1. The molecular formula is C33H58O3. The van der Waals surface area contributed by atoms with Crippen molar-refractivity contribution in [2.75, 3.05) is 0 Å². The van der Waals surface area contributed by atoms with Crippen LogP contribution in [0.5, 0.6) is 5.75 Å². The number of unbranched alkanes of at least 4 members (excludes halogenated alkanes) is 16. The van der Waals surface area contributed by atoms with Crippen LogP contribution in [-0.2, 0) is 11.2 Å². The summed E-state index contributed by atoms with van der Waals surface area (Å²) in [6.45, 7) is 4.51. The molecule has 1 atom stereocenters. The second-order valence-corrected chi connectivity index (χ2v) is 10.9. The van der Waals surface area contributed by atoms with Crippen molar-refractivity contribution in [1.29, 1.82) is 0 Å². The van der Waals surface area contributed by atoms with Crippen LogP contribution in [0.3, 0.4) is 0 Å². The van der Waals surface area contributed by atoms with E-state index in [9.17, 15) is 9.90 Å². The van der Waals surface area contributed by atoms with Crippen LogP contribution in [-0.4, -0.2) is 17.2 Å². The monoisotopic (exact) mass is 502 g/mol. The van der Waals surface area contributed by atoms with E-state index in [4.69, 9.17) is 4.74 Å². The highest BCUT2D eigenvalue weighted by Gasteiger charge is 2.07. The molecule has 0 saturated carbocycles. The summed E-state index contributed by atoms with van der Waals surface area (Å²) in [7, 11) is 0. The Hall–Kier alpha value is -1.35. The van der Waals surface area contributed by atoms with Gasteiger partial charge in [0.05, 0.1) is 6.10 Å². The maximum Gasteiger partial charge on any atom is 0.311 e. The van der Waals surface area contributed by atoms with Gasteiger partial charge in [-0.15, -0.1) is 0 Å². The van der Waals surface area contributed by atoms with Gasteiger partial charge in [-0.2, -0.15) is 0 Å². The van der Waals surface area contributed by atoms with Gasteiger partial charge in [-0.3, -0.25) is 4.79 Å². The van der Waals surface area contributed by atoms with Crippen molar-refractivity contribution in [1.82, 2.24) is 0 Å². The number of benzene rings is 1. The van der Waals surface area contributed by atoms with Crippen molar-refractivity contribution in [3.05, 3.63) is 29.8 Å². The Morgan fingerprint density at radius 3 is 1.78 bits per heavy atom. The van der Waals surface area contributed by atoms with Gasteiger partial charge in [-0.05, 0) is 49.8 Å². The van der Waals surface area contributed by atoms with Crippen LogP contribution in [0.15, 0.2) is 24.3 Å². The molecule has 0 aliphatic heterocycles. The zero-order chi connectivity index (χ0) is 26.1. The number of ether oxygens (including phenoxy) is 1. The Morgan fingerprint density at radius 1 is 0.694 bits per heavy atom. The van der Waals surface area contributed by atoms with Crippen molar-refractivity contribution < 1.29 is 14.6 Å². The summed E-state index contributed by atoms with van der Waals surface area (Å²) in [5.74, 6) is 0.558. The number of aryl methyl sites for hydroxylation is 1. The first kappa shape index (κ1) is 32.7. The maximum absolute atomic E-state index is 12.2. The SMILES string of the molecule is CCCCCCCCCCC(O)CCCCCCC(=O)Oc1cccc(CCCCCCCCC)c1. The molecule has 0 spiro atoms. The Kier molecular flexibility index (Phi) is 21.8. The maximum atomic E-state index is 12.2. The lowest BCUT2D eigenvalue weighted by Crippen LogP contribution is -2.08. The molecule has 208 valence electrons. The topological polar surface area (TPSA) is 46.5 Å². The normalized spacial score (nSPS) is 12.1. The summed E-state index contributed by atoms with van der Waals surface area (Å²) in [6.07, 6.45) is 26.9. The van der Waals surface area contributed by atoms with E-state index in [0.717, 1.165) is 51.4 Å². The highest BCUT2D eigenvalue weighted by Crippen LogP contribution is 2.18. The van der Waals surface area contributed by atoms with Gasteiger partial charge in [0.15, 0.2) is 0 Å². The molecule has 0 heterocycles. The summed E-state index contributed by atoms with van der Waals surface area (Å²) in [4.78, 5) is 12.2. The molecular weight excluding hydrogens is 444 g/mol. The molecule has 1 unspecified atom stereocenters. The number of aliphatic hydroxyl groups is 1. The average Bonchev–Trinajstić information content (AvgIpc) is 2.87. The van der Waals surface area contributed by atoms with E-state index < -0.39 is 0 Å². The quantitative estimate of drug-likeness (QED) is 0.0821. The molecule has 0 bridgehead atoms. The molecule has 1 N–H and O–H groups in total. The molecule has 0 fully saturated rings. The van der Waals surface area contributed by atoms with Crippen LogP contribution in [0.2, 0.25) is 0 Å². The number of rotatable bonds is 25. The fourth-order valence-corrected chi connectivity index (χ4v) is 4.89. The number of esters is 1. The minimum absolute atomic E-state index is 0.127. The second-order valence-electron chi connectivity index (χ2n) is 10.9. The summed E-state index contributed by atoms with van der Waals surface area (Å²) in [5, 5.41) is 10.2. The molecule has 0 aliphatic carbocycles. The van der Waals surface area contributed by atoms with E-state index in [1.54, 1.807) is 0 Å². The summed E-state index contributed by atoms with van der Waals surface area (Å²) in [5.41, 5.74) is 1.26. The van der Waals surface area contributed by atoms with Crippen LogP contribution in [0.25, 0.3) is 0 Å². The lowest BCUT2D eigenvalue weighted by atomic mass is 10.0. The van der Waals surface area contributed by atoms with Crippen LogP contribution < -0.4 is 4.74 Å². The van der Waals surface area contributed by atoms with Crippen LogP contribution >= 0.6 is 0 Å². The number of carbonyl (C=O) groups is 1. The lowest BCUT2D eigenvalue weighted by molar-refractivity contribution is -0.134. The number of hydrogen-bond donors (Lipinski definition) is 1. The van der Waals surface area contributed by atoms with Crippen molar-refractivity contribution in [2.24, 2.45) is 0 Å². The molecule has 0 saturated heterocycles. The first-order valence-electron chi connectivity index (χ1n) is 15.6. The molecule has 1 rings (SSSR count). The smallest absolute Gasteiger partial charge is 0.311 e. The van der Waals surface area contributed by atoms with E-state index in [0.29, 0.717) is 12.2 Å². The van der Waals surface area contributed by atoms with Gasteiger partial charge in [0, 0.05) is 6.42 Å². The van der Waals surface area contributed by atoms with Gasteiger partial charge in [-0.25, -0.2) is 0 Å². The molecule has 3 heteroatoms. The zero-order valence-electron chi connectivity index (χ0n) is 23.9. The van der Waals surface area contributed by atoms with Crippen molar-refractivity contribution >= 4 is 5.97 Å². The first-order chi connectivity index (χ1) is 17.7. The van der Waals surface area contributed by atoms with Crippen molar-refractivity contribution in [3.8, 4) is 5.75 Å². The van der Waals surface area contributed by atoms with E-state index in [2.05, 4.69) is 19.9 Å². The van der Waals surface area contributed by atoms with Crippen LogP contribution in [0.4, 0.5) is 0 Å². The predicted molar refractivity (Wildman–Crippen MR) is 155 cm³/mol. The molecule has 1 aromatic carbocycles. The largest absolute Gasteiger partial charge is 0.427 e. The van der Waals surface area contributed by atoms with Crippen LogP contribution in [0, 0.1) is 0 Å². The zero-order valence-corrected chi connectivity index (χ0v) is 23.9. The fourth-order valence-electron chi connectivity index (χ4n) is 4.89. The van der Waals surface area contributed by atoms with Crippen molar-refractivity contribution in [3.63, 3.8) is 0 Å². The fraction of sp³-hybridized carbons (Fsp3) is 0.788. The van der Waals surface area contributed by atoms with Gasteiger partial charge in [0.1, 0.15) is 5.75 Å². The molecule has 3 nitrogen and oxygen atoms in total. The van der Waals surface area contributed by atoms with Gasteiger partial charge in [0.2, 0.25) is 0 Å². The van der Waals surface area contributed by atoms with Gasteiger partial charge in [0.25, 0.3) is 0 Å². The first-order valence-corrected chi connectivity index (χ1v) is 15.6. The minimum Gasteiger partial charge on any atom is -0.427 e. The standard InChI is InChI=1S/C33H58O3/c1-3-5-7-9-11-13-15-19-25-31(34)26-20-16-17-21-28-33(35)36-32-27-22-24-30(29-32)23-18-14-12-10-8-6-4-2/h22,24,27,29,31,34H,3-21,23,25-26,28H2,1-2H3. The molecule has 0 aromatic heterocycles. The third-order valence-electron chi connectivity index (χ3n) is 7.26. The third-order valence-corrected chi connectivity index (χ3v) is 7.26. The van der Waals surface area contributed by atoms with E-state index in [1.165, 1.54) is 95.5 Å².